The average molecular weight is 429 g/mol. The predicted molar refractivity (Wildman–Crippen MR) is 122 cm³/mol. The predicted octanol–water partition coefficient (Wildman–Crippen LogP) is 5.51. The average Bonchev–Trinajstić information content (AvgIpc) is 3.30. The molecule has 0 atom stereocenters. The molecular weight excluding hydrogens is 406 g/mol. The Morgan fingerprint density at radius 3 is 2.31 bits per heavy atom. The summed E-state index contributed by atoms with van der Waals surface area (Å²) in [6.45, 7) is 0.426. The summed E-state index contributed by atoms with van der Waals surface area (Å²) in [5.41, 5.74) is 2.30. The number of hydrogen-bond donors (Lipinski definition) is 2. The minimum atomic E-state index is -0.291. The Labute approximate surface area is 186 Å². The van der Waals surface area contributed by atoms with Gasteiger partial charge in [0.2, 0.25) is 5.89 Å². The molecule has 0 radical (unpaired) electrons. The van der Waals surface area contributed by atoms with E-state index in [2.05, 4.69) is 15.6 Å². The number of nitrogens with one attached hydrogen (secondary N) is 2. The van der Waals surface area contributed by atoms with Gasteiger partial charge in [-0.25, -0.2) is 9.78 Å². The van der Waals surface area contributed by atoms with Gasteiger partial charge in [0.15, 0.2) is 0 Å². The Kier molecular flexibility index (Phi) is 6.67. The molecule has 162 valence electrons. The third kappa shape index (κ3) is 5.66. The van der Waals surface area contributed by atoms with Crippen molar-refractivity contribution >= 4 is 11.7 Å². The lowest BCUT2D eigenvalue weighted by molar-refractivity contribution is 0.252. The molecule has 32 heavy (non-hydrogen) atoms. The fraction of sp³-hybridized carbons (Fsp3) is 0.120. The van der Waals surface area contributed by atoms with E-state index in [1.54, 1.807) is 37.6 Å². The SMILES string of the molecule is COc1ccc(-c2nc(CCNC(=O)Nc3ccc(Oc4ccccc4)cc3)co2)cc1. The first-order valence-corrected chi connectivity index (χ1v) is 10.2. The van der Waals surface area contributed by atoms with Crippen LogP contribution in [-0.4, -0.2) is 24.7 Å². The summed E-state index contributed by atoms with van der Waals surface area (Å²) in [6, 6.07) is 23.9. The van der Waals surface area contributed by atoms with Gasteiger partial charge < -0.3 is 24.5 Å². The molecular formula is C25H23N3O4. The second-order valence-corrected chi connectivity index (χ2v) is 6.94. The minimum Gasteiger partial charge on any atom is -0.497 e. The number of aromatic nitrogens is 1. The zero-order chi connectivity index (χ0) is 22.2. The summed E-state index contributed by atoms with van der Waals surface area (Å²) in [4.78, 5) is 16.6. The van der Waals surface area contributed by atoms with Gasteiger partial charge >= 0.3 is 6.03 Å². The molecule has 0 saturated carbocycles. The molecule has 4 aromatic rings. The van der Waals surface area contributed by atoms with E-state index >= 15 is 0 Å². The van der Waals surface area contributed by atoms with Crippen molar-refractivity contribution in [2.45, 2.75) is 6.42 Å². The van der Waals surface area contributed by atoms with Crippen LogP contribution in [0.1, 0.15) is 5.69 Å². The molecule has 0 spiro atoms. The van der Waals surface area contributed by atoms with Gasteiger partial charge in [-0.2, -0.15) is 0 Å². The van der Waals surface area contributed by atoms with Crippen molar-refractivity contribution in [3.63, 3.8) is 0 Å². The van der Waals surface area contributed by atoms with Gasteiger partial charge in [-0.15, -0.1) is 0 Å². The summed E-state index contributed by atoms with van der Waals surface area (Å²) < 4.78 is 16.4. The molecule has 0 aliphatic rings. The molecule has 0 aliphatic carbocycles. The monoisotopic (exact) mass is 429 g/mol. The van der Waals surface area contributed by atoms with Crippen molar-refractivity contribution < 1.29 is 18.7 Å². The van der Waals surface area contributed by atoms with Crippen molar-refractivity contribution in [2.75, 3.05) is 19.0 Å². The molecule has 0 unspecified atom stereocenters. The van der Waals surface area contributed by atoms with Crippen LogP contribution in [0.3, 0.4) is 0 Å². The van der Waals surface area contributed by atoms with Gasteiger partial charge in [0, 0.05) is 24.2 Å². The number of benzene rings is 3. The Morgan fingerprint density at radius 2 is 1.59 bits per heavy atom. The highest BCUT2D eigenvalue weighted by Crippen LogP contribution is 2.23. The summed E-state index contributed by atoms with van der Waals surface area (Å²) in [5, 5.41) is 5.62. The maximum Gasteiger partial charge on any atom is 0.319 e. The van der Waals surface area contributed by atoms with Crippen LogP contribution in [0.5, 0.6) is 17.2 Å². The Morgan fingerprint density at radius 1 is 0.906 bits per heavy atom. The Hall–Kier alpha value is -4.26. The third-order valence-corrected chi connectivity index (χ3v) is 4.65. The molecule has 7 nitrogen and oxygen atoms in total. The molecule has 4 rings (SSSR count). The van der Waals surface area contributed by atoms with E-state index in [1.165, 1.54) is 0 Å². The highest BCUT2D eigenvalue weighted by molar-refractivity contribution is 5.89. The maximum absolute atomic E-state index is 12.2. The fourth-order valence-corrected chi connectivity index (χ4v) is 3.00. The van der Waals surface area contributed by atoms with Crippen molar-refractivity contribution in [1.82, 2.24) is 10.3 Å². The van der Waals surface area contributed by atoms with Crippen molar-refractivity contribution in [1.29, 1.82) is 0 Å². The number of rotatable bonds is 8. The first kappa shape index (κ1) is 21.0. The quantitative estimate of drug-likeness (QED) is 0.386. The van der Waals surface area contributed by atoms with Gasteiger partial charge in [-0.3, -0.25) is 0 Å². The van der Waals surface area contributed by atoms with Gasteiger partial charge in [0.05, 0.1) is 12.8 Å². The second kappa shape index (κ2) is 10.2. The molecule has 7 heteroatoms. The Balaban J connectivity index is 1.22. The van der Waals surface area contributed by atoms with Gasteiger partial charge in [-0.05, 0) is 60.7 Å². The van der Waals surface area contributed by atoms with Crippen LogP contribution in [0, 0.1) is 0 Å². The number of amides is 2. The van der Waals surface area contributed by atoms with Gasteiger partial charge in [0.1, 0.15) is 23.5 Å². The number of oxazole rings is 1. The van der Waals surface area contributed by atoms with E-state index in [9.17, 15) is 4.79 Å². The van der Waals surface area contributed by atoms with E-state index < -0.39 is 0 Å². The lowest BCUT2D eigenvalue weighted by Crippen LogP contribution is -2.30. The molecule has 1 heterocycles. The van der Waals surface area contributed by atoms with E-state index in [0.717, 1.165) is 22.8 Å². The Bertz CT molecular complexity index is 1140. The van der Waals surface area contributed by atoms with Gasteiger partial charge in [-0.1, -0.05) is 18.2 Å². The van der Waals surface area contributed by atoms with Crippen molar-refractivity contribution in [2.24, 2.45) is 0 Å². The zero-order valence-corrected chi connectivity index (χ0v) is 17.6. The zero-order valence-electron chi connectivity index (χ0n) is 17.6. The van der Waals surface area contributed by atoms with Crippen LogP contribution in [-0.2, 0) is 6.42 Å². The molecule has 0 fully saturated rings. The van der Waals surface area contributed by atoms with Crippen LogP contribution in [0.15, 0.2) is 89.5 Å². The smallest absolute Gasteiger partial charge is 0.319 e. The lowest BCUT2D eigenvalue weighted by atomic mass is 10.2. The maximum atomic E-state index is 12.2. The number of methoxy groups -OCH3 is 1. The van der Waals surface area contributed by atoms with Crippen LogP contribution in [0.2, 0.25) is 0 Å². The topological polar surface area (TPSA) is 85.6 Å². The van der Waals surface area contributed by atoms with Crippen molar-refractivity contribution in [3.05, 3.63) is 90.8 Å². The number of nitrogens with zero attached hydrogens (tertiary/aromatic N) is 1. The fourth-order valence-electron chi connectivity index (χ4n) is 3.00. The standard InChI is InChI=1S/C25H23N3O4/c1-30-21-11-7-18(8-12-21)24-27-20(17-31-24)15-16-26-25(29)28-19-9-13-23(14-10-19)32-22-5-3-2-4-6-22/h2-14,17H,15-16H2,1H3,(H2,26,28,29). The third-order valence-electron chi connectivity index (χ3n) is 4.65. The van der Waals surface area contributed by atoms with Crippen LogP contribution >= 0.6 is 0 Å². The second-order valence-electron chi connectivity index (χ2n) is 6.94. The highest BCUT2D eigenvalue weighted by atomic mass is 16.5. The summed E-state index contributed by atoms with van der Waals surface area (Å²) >= 11 is 0. The normalized spacial score (nSPS) is 10.4. The first-order chi connectivity index (χ1) is 15.7. The van der Waals surface area contributed by atoms with Crippen LogP contribution in [0.4, 0.5) is 10.5 Å². The number of urea groups is 1. The van der Waals surface area contributed by atoms with E-state index in [4.69, 9.17) is 13.9 Å². The minimum absolute atomic E-state index is 0.291. The van der Waals surface area contributed by atoms with Crippen LogP contribution < -0.4 is 20.1 Å². The molecule has 0 bridgehead atoms. The number of hydrogen-bond acceptors (Lipinski definition) is 5. The summed E-state index contributed by atoms with van der Waals surface area (Å²) in [7, 11) is 1.62. The lowest BCUT2D eigenvalue weighted by Gasteiger charge is -2.09. The highest BCUT2D eigenvalue weighted by Gasteiger charge is 2.08. The number of carbonyl (C=O) groups is 1. The molecule has 2 N–H and O–H groups in total. The number of para-hydroxylation sites is 1. The van der Waals surface area contributed by atoms with Gasteiger partial charge in [0.25, 0.3) is 0 Å². The van der Waals surface area contributed by atoms with Crippen LogP contribution in [0.25, 0.3) is 11.5 Å². The summed E-state index contributed by atoms with van der Waals surface area (Å²) in [5.74, 6) is 2.76. The first-order valence-electron chi connectivity index (χ1n) is 10.2. The molecule has 3 aromatic carbocycles. The van der Waals surface area contributed by atoms with E-state index in [1.807, 2.05) is 54.6 Å². The number of carbonyl (C=O) groups excluding carboxylic acids is 1. The largest absolute Gasteiger partial charge is 0.497 e. The molecule has 0 aliphatic heterocycles. The van der Waals surface area contributed by atoms with E-state index in [0.29, 0.717) is 30.3 Å². The number of anilines is 1. The number of ether oxygens (including phenoxy) is 2. The van der Waals surface area contributed by atoms with E-state index in [-0.39, 0.29) is 6.03 Å². The van der Waals surface area contributed by atoms with Crippen molar-refractivity contribution in [3.8, 4) is 28.7 Å². The molecule has 1 aromatic heterocycles. The molecule has 0 saturated heterocycles. The molecule has 2 amide bonds. The summed E-state index contributed by atoms with van der Waals surface area (Å²) in [6.07, 6.45) is 2.15.